The van der Waals surface area contributed by atoms with Gasteiger partial charge in [-0.1, -0.05) is 91.0 Å². The van der Waals surface area contributed by atoms with Gasteiger partial charge >= 0.3 is 0 Å². The number of nitrogens with zero attached hydrogens (tertiary/aromatic N) is 1. The van der Waals surface area contributed by atoms with Crippen molar-refractivity contribution in [3.05, 3.63) is 114 Å². The first-order valence-electron chi connectivity index (χ1n) is 9.66. The zero-order chi connectivity index (χ0) is 18.9. The molecule has 0 bridgehead atoms. The molecule has 0 heterocycles. The van der Waals surface area contributed by atoms with Crippen LogP contribution in [0.3, 0.4) is 0 Å². The molecule has 0 amide bonds. The monoisotopic (exact) mass is 353 g/mol. The predicted molar refractivity (Wildman–Crippen MR) is 119 cm³/mol. The maximum Gasteiger partial charge on any atom is 0.0366 e. The third kappa shape index (κ3) is 4.98. The zero-order valence-electron chi connectivity index (χ0n) is 16.2. The molecule has 0 saturated heterocycles. The Morgan fingerprint density at radius 1 is 0.704 bits per heavy atom. The lowest BCUT2D eigenvalue weighted by molar-refractivity contribution is 0.866. The Hall–Kier alpha value is -3.06. The smallest absolute Gasteiger partial charge is 0.0366 e. The molecular weight excluding hydrogens is 326 g/mol. The maximum absolute atomic E-state index is 2.36. The Balaban J connectivity index is 1.84. The van der Waals surface area contributed by atoms with Gasteiger partial charge in [0.25, 0.3) is 0 Å². The molecule has 0 fully saturated rings. The summed E-state index contributed by atoms with van der Waals surface area (Å²) in [5.74, 6) is 0. The van der Waals surface area contributed by atoms with Gasteiger partial charge in [0.15, 0.2) is 0 Å². The molecule has 3 aromatic rings. The van der Waals surface area contributed by atoms with Crippen molar-refractivity contribution in [2.24, 2.45) is 0 Å². The fourth-order valence-electron chi connectivity index (χ4n) is 3.23. The average Bonchev–Trinajstić information content (AvgIpc) is 2.74. The minimum Gasteiger partial charge on any atom is -0.372 e. The van der Waals surface area contributed by atoms with Crippen LogP contribution in [0.15, 0.2) is 97.1 Å². The highest BCUT2D eigenvalue weighted by atomic mass is 15.1. The van der Waals surface area contributed by atoms with Gasteiger partial charge in [-0.2, -0.15) is 0 Å². The molecule has 3 aromatic carbocycles. The van der Waals surface area contributed by atoms with Crippen LogP contribution < -0.4 is 4.90 Å². The summed E-state index contributed by atoms with van der Waals surface area (Å²) in [5, 5.41) is 0. The lowest BCUT2D eigenvalue weighted by Gasteiger charge is -2.20. The van der Waals surface area contributed by atoms with Crippen LogP contribution in [0.5, 0.6) is 0 Å². The molecule has 0 atom stereocenters. The second-order valence-electron chi connectivity index (χ2n) is 6.44. The average molecular weight is 354 g/mol. The highest BCUT2D eigenvalue weighted by molar-refractivity contribution is 5.81. The van der Waals surface area contributed by atoms with E-state index < -0.39 is 0 Å². The summed E-state index contributed by atoms with van der Waals surface area (Å²) in [6.45, 7) is 6.45. The van der Waals surface area contributed by atoms with Crippen molar-refractivity contribution < 1.29 is 0 Å². The van der Waals surface area contributed by atoms with Crippen LogP contribution in [-0.4, -0.2) is 13.1 Å². The molecule has 0 aliphatic rings. The maximum atomic E-state index is 2.36. The van der Waals surface area contributed by atoms with E-state index in [0.717, 1.165) is 13.1 Å². The number of hydrogen-bond donors (Lipinski definition) is 0. The molecule has 1 heteroatoms. The first kappa shape index (κ1) is 18.7. The Labute approximate surface area is 163 Å². The number of rotatable bonds is 7. The molecule has 0 N–H and O–H groups in total. The number of benzene rings is 3. The topological polar surface area (TPSA) is 3.24 Å². The van der Waals surface area contributed by atoms with Gasteiger partial charge in [0, 0.05) is 18.8 Å². The summed E-state index contributed by atoms with van der Waals surface area (Å²) in [6.07, 6.45) is 6.50. The Morgan fingerprint density at radius 2 is 1.22 bits per heavy atom. The van der Waals surface area contributed by atoms with Gasteiger partial charge in [0.2, 0.25) is 0 Å². The molecule has 136 valence electrons. The summed E-state index contributed by atoms with van der Waals surface area (Å²) < 4.78 is 0. The molecule has 27 heavy (non-hydrogen) atoms. The van der Waals surface area contributed by atoms with Gasteiger partial charge in [0.05, 0.1) is 0 Å². The molecule has 1 nitrogen and oxygen atoms in total. The van der Waals surface area contributed by atoms with Crippen molar-refractivity contribution in [1.29, 1.82) is 0 Å². The van der Waals surface area contributed by atoms with Gasteiger partial charge in [0.1, 0.15) is 0 Å². The highest BCUT2D eigenvalue weighted by Gasteiger charge is 2.03. The zero-order valence-corrected chi connectivity index (χ0v) is 16.2. The van der Waals surface area contributed by atoms with E-state index in [4.69, 9.17) is 0 Å². The van der Waals surface area contributed by atoms with E-state index in [2.05, 4.69) is 122 Å². The molecule has 0 radical (unpaired) electrons. The Morgan fingerprint density at radius 3 is 1.70 bits per heavy atom. The lowest BCUT2D eigenvalue weighted by Crippen LogP contribution is -2.21. The Bertz CT molecular complexity index is 829. The van der Waals surface area contributed by atoms with Crippen molar-refractivity contribution in [2.75, 3.05) is 18.0 Å². The standard InChI is InChI=1S/C26H27N/c1-3-27(4-2)25-20-18-22(19-21-25)12-11-17-26(23-13-7-5-8-14-23)24-15-9-6-10-16-24/h5-21H,3-4H2,1-2H3/b12-11+. The largest absolute Gasteiger partial charge is 0.372 e. The van der Waals surface area contributed by atoms with E-state index >= 15 is 0 Å². The summed E-state index contributed by atoms with van der Waals surface area (Å²) in [6, 6.07) is 29.9. The van der Waals surface area contributed by atoms with Gasteiger partial charge in [-0.05, 0) is 48.2 Å². The van der Waals surface area contributed by atoms with Crippen molar-refractivity contribution in [1.82, 2.24) is 0 Å². The number of hydrogen-bond acceptors (Lipinski definition) is 1. The van der Waals surface area contributed by atoms with E-state index in [-0.39, 0.29) is 0 Å². The van der Waals surface area contributed by atoms with E-state index in [0.29, 0.717) is 0 Å². The molecule has 0 saturated carbocycles. The minimum absolute atomic E-state index is 1.03. The third-order valence-corrected chi connectivity index (χ3v) is 4.74. The lowest BCUT2D eigenvalue weighted by atomic mass is 9.97. The Kier molecular flexibility index (Phi) is 6.65. The minimum atomic E-state index is 1.03. The normalized spacial score (nSPS) is 10.7. The third-order valence-electron chi connectivity index (χ3n) is 4.74. The fourth-order valence-corrected chi connectivity index (χ4v) is 3.23. The van der Waals surface area contributed by atoms with Crippen LogP contribution in [0.1, 0.15) is 30.5 Å². The molecule has 0 aromatic heterocycles. The first-order chi connectivity index (χ1) is 13.3. The molecular formula is C26H27N. The van der Waals surface area contributed by atoms with Crippen molar-refractivity contribution in [3.63, 3.8) is 0 Å². The van der Waals surface area contributed by atoms with Crippen LogP contribution in [0.4, 0.5) is 5.69 Å². The first-order valence-corrected chi connectivity index (χ1v) is 9.66. The van der Waals surface area contributed by atoms with Gasteiger partial charge in [-0.3, -0.25) is 0 Å². The van der Waals surface area contributed by atoms with E-state index in [1.807, 2.05) is 0 Å². The van der Waals surface area contributed by atoms with Crippen LogP contribution in [-0.2, 0) is 0 Å². The fraction of sp³-hybridized carbons (Fsp3) is 0.154. The quantitative estimate of drug-likeness (QED) is 0.428. The van der Waals surface area contributed by atoms with Crippen LogP contribution >= 0.6 is 0 Å². The predicted octanol–water partition coefficient (Wildman–Crippen LogP) is 6.68. The summed E-state index contributed by atoms with van der Waals surface area (Å²) in [7, 11) is 0. The molecule has 0 aliphatic carbocycles. The second-order valence-corrected chi connectivity index (χ2v) is 6.44. The number of anilines is 1. The second kappa shape index (κ2) is 9.59. The van der Waals surface area contributed by atoms with E-state index in [9.17, 15) is 0 Å². The van der Waals surface area contributed by atoms with Crippen molar-refractivity contribution in [3.8, 4) is 0 Å². The highest BCUT2D eigenvalue weighted by Crippen LogP contribution is 2.23. The summed E-state index contributed by atoms with van der Waals surface area (Å²) >= 11 is 0. The van der Waals surface area contributed by atoms with Crippen LogP contribution in [0.25, 0.3) is 11.6 Å². The van der Waals surface area contributed by atoms with Crippen molar-refractivity contribution in [2.45, 2.75) is 13.8 Å². The summed E-state index contributed by atoms with van der Waals surface area (Å²) in [4.78, 5) is 2.36. The van der Waals surface area contributed by atoms with Gasteiger partial charge < -0.3 is 4.90 Å². The van der Waals surface area contributed by atoms with E-state index in [1.54, 1.807) is 0 Å². The van der Waals surface area contributed by atoms with Crippen LogP contribution in [0.2, 0.25) is 0 Å². The molecule has 0 aliphatic heterocycles. The van der Waals surface area contributed by atoms with Gasteiger partial charge in [-0.25, -0.2) is 0 Å². The number of allylic oxidation sites excluding steroid dienone is 2. The summed E-state index contributed by atoms with van der Waals surface area (Å²) in [5.41, 5.74) is 6.17. The molecule has 0 unspecified atom stereocenters. The van der Waals surface area contributed by atoms with Crippen molar-refractivity contribution >= 4 is 17.3 Å². The molecule has 0 spiro atoms. The SMILES string of the molecule is CCN(CC)c1ccc(/C=C/C=C(c2ccccc2)c2ccccc2)cc1. The van der Waals surface area contributed by atoms with Gasteiger partial charge in [-0.15, -0.1) is 0 Å². The van der Waals surface area contributed by atoms with E-state index in [1.165, 1.54) is 28.0 Å². The van der Waals surface area contributed by atoms with Crippen LogP contribution in [0, 0.1) is 0 Å². The molecule has 3 rings (SSSR count).